The molecule has 0 saturated heterocycles. The van der Waals surface area contributed by atoms with E-state index in [-0.39, 0.29) is 18.4 Å². The Balaban J connectivity index is 2.79. The highest BCUT2D eigenvalue weighted by Crippen LogP contribution is 2.13. The molecule has 0 atom stereocenters. The first-order valence-electron chi connectivity index (χ1n) is 5.20. The van der Waals surface area contributed by atoms with E-state index in [1.165, 1.54) is 13.0 Å². The molecule has 16 heavy (non-hydrogen) atoms. The Labute approximate surface area is 94.7 Å². The van der Waals surface area contributed by atoms with E-state index in [2.05, 4.69) is 0 Å². The first-order valence-corrected chi connectivity index (χ1v) is 5.20. The largest absolute Gasteiger partial charge is 0.461 e. The Morgan fingerprint density at radius 3 is 2.69 bits per heavy atom. The minimum Gasteiger partial charge on any atom is -0.461 e. The van der Waals surface area contributed by atoms with Crippen LogP contribution in [0.25, 0.3) is 6.08 Å². The molecule has 2 nitrogen and oxygen atoms in total. The monoisotopic (exact) mass is 222 g/mol. The van der Waals surface area contributed by atoms with Crippen LogP contribution in [-0.4, -0.2) is 12.6 Å². The fraction of sp³-hybridized carbons (Fsp3) is 0.308. The van der Waals surface area contributed by atoms with Crippen LogP contribution in [0, 0.1) is 5.82 Å². The molecular weight excluding hydrogens is 207 g/mol. The molecule has 0 fully saturated rings. The first-order chi connectivity index (χ1) is 7.63. The van der Waals surface area contributed by atoms with Gasteiger partial charge < -0.3 is 4.74 Å². The third-order valence-corrected chi connectivity index (χ3v) is 2.18. The van der Waals surface area contributed by atoms with Crippen molar-refractivity contribution in [1.29, 1.82) is 0 Å². The molecule has 0 amide bonds. The molecule has 1 rings (SSSR count). The fourth-order valence-corrected chi connectivity index (χ4v) is 1.25. The van der Waals surface area contributed by atoms with Crippen molar-refractivity contribution in [2.24, 2.45) is 0 Å². The van der Waals surface area contributed by atoms with Crippen LogP contribution in [0.2, 0.25) is 0 Å². The number of benzene rings is 1. The SMILES string of the molecule is CCC(=Cc1ccccc1F)COC(C)=O. The fourth-order valence-electron chi connectivity index (χ4n) is 1.25. The number of hydrogen-bond acceptors (Lipinski definition) is 2. The van der Waals surface area contributed by atoms with Crippen LogP contribution in [-0.2, 0) is 9.53 Å². The molecule has 0 aliphatic heterocycles. The summed E-state index contributed by atoms with van der Waals surface area (Å²) in [4.78, 5) is 10.7. The van der Waals surface area contributed by atoms with Crippen LogP contribution < -0.4 is 0 Å². The Bertz CT molecular complexity index is 397. The zero-order valence-corrected chi connectivity index (χ0v) is 9.50. The molecule has 0 radical (unpaired) electrons. The summed E-state index contributed by atoms with van der Waals surface area (Å²) in [7, 11) is 0. The maximum absolute atomic E-state index is 13.3. The van der Waals surface area contributed by atoms with Gasteiger partial charge in [-0.1, -0.05) is 25.1 Å². The van der Waals surface area contributed by atoms with E-state index in [0.29, 0.717) is 5.56 Å². The Kier molecular flexibility index (Phi) is 4.70. The van der Waals surface area contributed by atoms with Gasteiger partial charge in [0.25, 0.3) is 0 Å². The van der Waals surface area contributed by atoms with Crippen LogP contribution in [0.3, 0.4) is 0 Å². The first kappa shape index (κ1) is 12.4. The van der Waals surface area contributed by atoms with Gasteiger partial charge in [0.15, 0.2) is 0 Å². The van der Waals surface area contributed by atoms with Crippen LogP contribution in [0.4, 0.5) is 4.39 Å². The molecule has 86 valence electrons. The smallest absolute Gasteiger partial charge is 0.302 e. The van der Waals surface area contributed by atoms with Crippen LogP contribution in [0.15, 0.2) is 29.8 Å². The zero-order chi connectivity index (χ0) is 12.0. The van der Waals surface area contributed by atoms with Gasteiger partial charge in [-0.3, -0.25) is 4.79 Å². The second-order valence-electron chi connectivity index (χ2n) is 3.46. The number of carbonyl (C=O) groups excluding carboxylic acids is 1. The summed E-state index contributed by atoms with van der Waals surface area (Å²) in [6.07, 6.45) is 2.44. The summed E-state index contributed by atoms with van der Waals surface area (Å²) in [5.74, 6) is -0.593. The minimum atomic E-state index is -0.326. The van der Waals surface area contributed by atoms with E-state index in [1.54, 1.807) is 24.3 Å². The number of carbonyl (C=O) groups is 1. The second-order valence-corrected chi connectivity index (χ2v) is 3.46. The molecule has 0 saturated carbocycles. The number of ether oxygens (including phenoxy) is 1. The lowest BCUT2D eigenvalue weighted by Crippen LogP contribution is -2.02. The van der Waals surface area contributed by atoms with Crippen LogP contribution in [0.1, 0.15) is 25.8 Å². The summed E-state index contributed by atoms with van der Waals surface area (Å²) in [5, 5.41) is 0. The van der Waals surface area contributed by atoms with Gasteiger partial charge in [-0.15, -0.1) is 0 Å². The average Bonchev–Trinajstić information content (AvgIpc) is 2.26. The van der Waals surface area contributed by atoms with E-state index in [4.69, 9.17) is 4.74 Å². The van der Waals surface area contributed by atoms with Gasteiger partial charge in [-0.25, -0.2) is 4.39 Å². The lowest BCUT2D eigenvalue weighted by molar-refractivity contribution is -0.139. The maximum atomic E-state index is 13.3. The van der Waals surface area contributed by atoms with Gasteiger partial charge in [-0.05, 0) is 24.1 Å². The van der Waals surface area contributed by atoms with Crippen molar-refractivity contribution in [2.45, 2.75) is 20.3 Å². The van der Waals surface area contributed by atoms with Crippen molar-refractivity contribution < 1.29 is 13.9 Å². The van der Waals surface area contributed by atoms with Gasteiger partial charge in [0.2, 0.25) is 0 Å². The summed E-state index contributed by atoms with van der Waals surface area (Å²) in [5.41, 5.74) is 1.41. The van der Waals surface area contributed by atoms with Crippen molar-refractivity contribution in [3.05, 3.63) is 41.2 Å². The third-order valence-electron chi connectivity index (χ3n) is 2.18. The quantitative estimate of drug-likeness (QED) is 0.731. The highest BCUT2D eigenvalue weighted by atomic mass is 19.1. The number of hydrogen-bond donors (Lipinski definition) is 0. The molecule has 0 bridgehead atoms. The number of halogens is 1. The molecule has 0 spiro atoms. The lowest BCUT2D eigenvalue weighted by Gasteiger charge is -2.05. The zero-order valence-electron chi connectivity index (χ0n) is 9.50. The third kappa shape index (κ3) is 3.85. The van der Waals surface area contributed by atoms with Gasteiger partial charge in [0.05, 0.1) is 0 Å². The van der Waals surface area contributed by atoms with Crippen molar-refractivity contribution in [3.8, 4) is 0 Å². The topological polar surface area (TPSA) is 26.3 Å². The van der Waals surface area contributed by atoms with Gasteiger partial charge in [0.1, 0.15) is 12.4 Å². The van der Waals surface area contributed by atoms with Crippen LogP contribution in [0.5, 0.6) is 0 Å². The van der Waals surface area contributed by atoms with E-state index in [9.17, 15) is 9.18 Å². The van der Waals surface area contributed by atoms with Gasteiger partial charge >= 0.3 is 5.97 Å². The van der Waals surface area contributed by atoms with Gasteiger partial charge in [0, 0.05) is 12.5 Å². The van der Waals surface area contributed by atoms with Crippen LogP contribution >= 0.6 is 0 Å². The van der Waals surface area contributed by atoms with E-state index < -0.39 is 0 Å². The maximum Gasteiger partial charge on any atom is 0.302 e. The van der Waals surface area contributed by atoms with Crippen molar-refractivity contribution in [2.75, 3.05) is 6.61 Å². The van der Waals surface area contributed by atoms with E-state index in [0.717, 1.165) is 12.0 Å². The second kappa shape index (κ2) is 6.05. The summed E-state index contributed by atoms with van der Waals surface area (Å²) in [6.45, 7) is 3.52. The highest BCUT2D eigenvalue weighted by Gasteiger charge is 2.01. The molecule has 3 heteroatoms. The molecule has 0 N–H and O–H groups in total. The standard InChI is InChI=1S/C13H15FO2/c1-3-11(9-16-10(2)15)8-12-6-4-5-7-13(12)14/h4-8H,3,9H2,1-2H3. The molecular formula is C13H15FO2. The van der Waals surface area contributed by atoms with E-state index >= 15 is 0 Å². The Morgan fingerprint density at radius 1 is 1.44 bits per heavy atom. The van der Waals surface area contributed by atoms with Crippen molar-refractivity contribution >= 4 is 12.0 Å². The summed E-state index contributed by atoms with van der Waals surface area (Å²) in [6, 6.07) is 6.52. The van der Waals surface area contributed by atoms with Crippen molar-refractivity contribution in [3.63, 3.8) is 0 Å². The normalized spacial score (nSPS) is 11.3. The molecule has 1 aromatic rings. The predicted molar refractivity (Wildman–Crippen MR) is 61.3 cm³/mol. The highest BCUT2D eigenvalue weighted by molar-refractivity contribution is 5.66. The Hall–Kier alpha value is -1.64. The minimum absolute atomic E-state index is 0.222. The molecule has 0 aromatic heterocycles. The molecule has 0 aliphatic carbocycles. The number of esters is 1. The Morgan fingerprint density at radius 2 is 2.12 bits per heavy atom. The predicted octanol–water partition coefficient (Wildman–Crippen LogP) is 3.18. The molecule has 0 heterocycles. The molecule has 1 aromatic carbocycles. The molecule has 0 unspecified atom stereocenters. The summed E-state index contributed by atoms with van der Waals surface area (Å²) >= 11 is 0. The lowest BCUT2D eigenvalue weighted by atomic mass is 10.1. The summed E-state index contributed by atoms with van der Waals surface area (Å²) < 4.78 is 18.2. The van der Waals surface area contributed by atoms with E-state index in [1.807, 2.05) is 6.92 Å². The average molecular weight is 222 g/mol. The molecule has 0 aliphatic rings. The number of rotatable bonds is 4. The van der Waals surface area contributed by atoms with Gasteiger partial charge in [-0.2, -0.15) is 0 Å². The van der Waals surface area contributed by atoms with Crippen molar-refractivity contribution in [1.82, 2.24) is 0 Å².